The molecule has 0 saturated heterocycles. The first kappa shape index (κ1) is 17.6. The van der Waals surface area contributed by atoms with Crippen LogP contribution in [-0.4, -0.2) is 54.3 Å². The fourth-order valence-corrected chi connectivity index (χ4v) is 2.26. The van der Waals surface area contributed by atoms with E-state index in [9.17, 15) is 9.90 Å². The number of carbonyl (C=O) groups excluding carboxylic acids is 1. The van der Waals surface area contributed by atoms with Crippen LogP contribution in [0.3, 0.4) is 0 Å². The van der Waals surface area contributed by atoms with E-state index in [1.165, 1.54) is 12.0 Å². The predicted molar refractivity (Wildman–Crippen MR) is 85.9 cm³/mol. The van der Waals surface area contributed by atoms with E-state index < -0.39 is 12.0 Å². The summed E-state index contributed by atoms with van der Waals surface area (Å²) in [7, 11) is 3.12. The summed E-state index contributed by atoms with van der Waals surface area (Å²) in [5, 5.41) is 9.70. The van der Waals surface area contributed by atoms with Gasteiger partial charge < -0.3 is 20.5 Å². The van der Waals surface area contributed by atoms with Crippen LogP contribution in [-0.2, 0) is 16.0 Å². The second-order valence-electron chi connectivity index (χ2n) is 4.97. The van der Waals surface area contributed by atoms with Crippen molar-refractivity contribution in [1.29, 1.82) is 0 Å². The van der Waals surface area contributed by atoms with E-state index in [0.29, 0.717) is 6.42 Å². The van der Waals surface area contributed by atoms with Crippen molar-refractivity contribution in [2.24, 2.45) is 11.7 Å². The third-order valence-corrected chi connectivity index (χ3v) is 3.43. The van der Waals surface area contributed by atoms with Crippen LogP contribution in [0.1, 0.15) is 5.56 Å². The zero-order valence-corrected chi connectivity index (χ0v) is 13.2. The standard InChI is InChI=1S/C15H22N2O3S/c1-17(9-12(18)10-20-2)15(19)13(14(16)21)8-11-6-4-3-5-7-11/h3-7,12-13,18H,8-10H2,1-2H3,(H2,16,21). The van der Waals surface area contributed by atoms with Crippen LogP contribution in [0.25, 0.3) is 0 Å². The minimum atomic E-state index is -0.729. The number of amides is 1. The van der Waals surface area contributed by atoms with Gasteiger partial charge in [0.1, 0.15) is 0 Å². The number of hydrogen-bond acceptors (Lipinski definition) is 4. The molecule has 0 bridgehead atoms. The Labute approximate surface area is 130 Å². The van der Waals surface area contributed by atoms with Gasteiger partial charge in [-0.3, -0.25) is 4.79 Å². The van der Waals surface area contributed by atoms with Crippen LogP contribution in [0, 0.1) is 5.92 Å². The fourth-order valence-electron chi connectivity index (χ4n) is 2.08. The van der Waals surface area contributed by atoms with Gasteiger partial charge in [0, 0.05) is 20.7 Å². The molecule has 2 atom stereocenters. The third-order valence-electron chi connectivity index (χ3n) is 3.14. The maximum Gasteiger partial charge on any atom is 0.232 e. The minimum absolute atomic E-state index is 0.164. The number of aliphatic hydroxyl groups is 1. The first-order valence-corrected chi connectivity index (χ1v) is 7.11. The zero-order valence-electron chi connectivity index (χ0n) is 12.4. The number of carbonyl (C=O) groups is 1. The molecule has 6 heteroatoms. The number of aliphatic hydroxyl groups excluding tert-OH is 1. The van der Waals surface area contributed by atoms with E-state index >= 15 is 0 Å². The lowest BCUT2D eigenvalue weighted by Crippen LogP contribution is -2.44. The van der Waals surface area contributed by atoms with Gasteiger partial charge in [-0.15, -0.1) is 0 Å². The van der Waals surface area contributed by atoms with Gasteiger partial charge in [-0.05, 0) is 12.0 Å². The van der Waals surface area contributed by atoms with Crippen molar-refractivity contribution in [3.05, 3.63) is 35.9 Å². The maximum atomic E-state index is 12.4. The number of nitrogens with two attached hydrogens (primary N) is 1. The number of rotatable bonds is 8. The molecule has 0 aliphatic carbocycles. The van der Waals surface area contributed by atoms with Crippen molar-refractivity contribution in [1.82, 2.24) is 4.90 Å². The molecule has 0 fully saturated rings. The van der Waals surface area contributed by atoms with Gasteiger partial charge in [-0.2, -0.15) is 0 Å². The third kappa shape index (κ3) is 5.79. The highest BCUT2D eigenvalue weighted by atomic mass is 32.1. The highest BCUT2D eigenvalue weighted by Crippen LogP contribution is 2.12. The Morgan fingerprint density at radius 2 is 2.05 bits per heavy atom. The summed E-state index contributed by atoms with van der Waals surface area (Å²) in [4.78, 5) is 14.0. The van der Waals surface area contributed by atoms with Gasteiger partial charge in [-0.1, -0.05) is 42.5 Å². The first-order valence-electron chi connectivity index (χ1n) is 6.71. The molecule has 0 saturated carbocycles. The van der Waals surface area contributed by atoms with Gasteiger partial charge in [0.2, 0.25) is 5.91 Å². The quantitative estimate of drug-likeness (QED) is 0.688. The molecule has 5 nitrogen and oxygen atoms in total. The summed E-state index contributed by atoms with van der Waals surface area (Å²) in [6, 6.07) is 9.58. The molecule has 1 rings (SSSR count). The Hall–Kier alpha value is -1.50. The summed E-state index contributed by atoms with van der Waals surface area (Å²) in [5.41, 5.74) is 6.70. The molecule has 0 heterocycles. The molecule has 3 N–H and O–H groups in total. The summed E-state index contributed by atoms with van der Waals surface area (Å²) in [6.45, 7) is 0.356. The molecule has 2 unspecified atom stereocenters. The van der Waals surface area contributed by atoms with Crippen LogP contribution in [0.5, 0.6) is 0 Å². The monoisotopic (exact) mass is 310 g/mol. The van der Waals surface area contributed by atoms with Crippen LogP contribution in [0.4, 0.5) is 0 Å². The molecule has 1 aromatic carbocycles. The van der Waals surface area contributed by atoms with Gasteiger partial charge in [0.25, 0.3) is 0 Å². The molecule has 0 aromatic heterocycles. The first-order chi connectivity index (χ1) is 9.95. The predicted octanol–water partition coefficient (Wildman–Crippen LogP) is 0.597. The zero-order chi connectivity index (χ0) is 15.8. The Morgan fingerprint density at radius 1 is 1.43 bits per heavy atom. The van der Waals surface area contributed by atoms with Gasteiger partial charge in [-0.25, -0.2) is 0 Å². The lowest BCUT2D eigenvalue weighted by atomic mass is 9.98. The molecule has 0 radical (unpaired) electrons. The summed E-state index contributed by atoms with van der Waals surface area (Å²) in [5.74, 6) is -0.761. The minimum Gasteiger partial charge on any atom is -0.393 e. The number of hydrogen-bond donors (Lipinski definition) is 2. The average Bonchev–Trinajstić information content (AvgIpc) is 2.45. The summed E-state index contributed by atoms with van der Waals surface area (Å²) >= 11 is 5.02. The largest absolute Gasteiger partial charge is 0.393 e. The van der Waals surface area contributed by atoms with E-state index in [1.807, 2.05) is 30.3 Å². The lowest BCUT2D eigenvalue weighted by molar-refractivity contribution is -0.133. The Kier molecular flexibility index (Phi) is 7.28. The van der Waals surface area contributed by atoms with E-state index in [1.54, 1.807) is 7.05 Å². The van der Waals surface area contributed by atoms with Crippen LogP contribution < -0.4 is 5.73 Å². The molecule has 0 aliphatic rings. The normalized spacial score (nSPS) is 13.5. The number of benzene rings is 1. The molecule has 1 aromatic rings. The van der Waals surface area contributed by atoms with Gasteiger partial charge in [0.15, 0.2) is 0 Å². The maximum absolute atomic E-state index is 12.4. The Morgan fingerprint density at radius 3 is 2.57 bits per heavy atom. The number of nitrogens with zero attached hydrogens (tertiary/aromatic N) is 1. The highest BCUT2D eigenvalue weighted by Gasteiger charge is 2.26. The Bertz CT molecular complexity index is 467. The number of methoxy groups -OCH3 is 1. The van der Waals surface area contributed by atoms with E-state index in [0.717, 1.165) is 5.56 Å². The fraction of sp³-hybridized carbons (Fsp3) is 0.467. The van der Waals surface area contributed by atoms with Crippen molar-refractivity contribution in [3.8, 4) is 0 Å². The molecule has 1 amide bonds. The number of ether oxygens (including phenoxy) is 1. The van der Waals surface area contributed by atoms with Crippen molar-refractivity contribution in [2.75, 3.05) is 27.3 Å². The SMILES string of the molecule is COCC(O)CN(C)C(=O)C(Cc1ccccc1)C(N)=S. The molecule has 116 valence electrons. The molecular formula is C15H22N2O3S. The van der Waals surface area contributed by atoms with Crippen molar-refractivity contribution in [3.63, 3.8) is 0 Å². The molecular weight excluding hydrogens is 288 g/mol. The van der Waals surface area contributed by atoms with Gasteiger partial charge in [0.05, 0.1) is 23.6 Å². The highest BCUT2D eigenvalue weighted by molar-refractivity contribution is 7.80. The van der Waals surface area contributed by atoms with E-state index in [2.05, 4.69) is 0 Å². The summed E-state index contributed by atoms with van der Waals surface area (Å²) < 4.78 is 4.85. The second kappa shape index (κ2) is 8.71. The number of thiocarbonyl (C=S) groups is 1. The van der Waals surface area contributed by atoms with Crippen LogP contribution in [0.2, 0.25) is 0 Å². The topological polar surface area (TPSA) is 75.8 Å². The second-order valence-corrected chi connectivity index (χ2v) is 5.44. The number of likely N-dealkylation sites (N-methyl/N-ethyl adjacent to an activating group) is 1. The van der Waals surface area contributed by atoms with Crippen molar-refractivity contribution >= 4 is 23.1 Å². The van der Waals surface area contributed by atoms with Gasteiger partial charge >= 0.3 is 0 Å². The van der Waals surface area contributed by atoms with Crippen molar-refractivity contribution in [2.45, 2.75) is 12.5 Å². The average molecular weight is 310 g/mol. The van der Waals surface area contributed by atoms with Crippen LogP contribution >= 0.6 is 12.2 Å². The molecule has 0 spiro atoms. The summed E-state index contributed by atoms with van der Waals surface area (Å²) in [6.07, 6.45) is -0.271. The lowest BCUT2D eigenvalue weighted by Gasteiger charge is -2.25. The molecule has 0 aliphatic heterocycles. The van der Waals surface area contributed by atoms with Crippen molar-refractivity contribution < 1.29 is 14.6 Å². The van der Waals surface area contributed by atoms with E-state index in [-0.39, 0.29) is 24.0 Å². The smallest absolute Gasteiger partial charge is 0.232 e. The molecule has 21 heavy (non-hydrogen) atoms. The van der Waals surface area contributed by atoms with E-state index in [4.69, 9.17) is 22.7 Å². The van der Waals surface area contributed by atoms with Crippen LogP contribution in [0.15, 0.2) is 30.3 Å². The Balaban J connectivity index is 2.71.